The third-order valence-electron chi connectivity index (χ3n) is 3.90. The minimum atomic E-state index is -0.297. The summed E-state index contributed by atoms with van der Waals surface area (Å²) in [6, 6.07) is 12.3. The minimum Gasteiger partial charge on any atom is -0.456 e. The lowest BCUT2D eigenvalue weighted by molar-refractivity contribution is -0.111. The predicted molar refractivity (Wildman–Crippen MR) is 114 cm³/mol. The maximum atomic E-state index is 12.2. The summed E-state index contributed by atoms with van der Waals surface area (Å²) < 4.78 is 5.67. The van der Waals surface area contributed by atoms with E-state index in [0.717, 1.165) is 11.8 Å². The van der Waals surface area contributed by atoms with Crippen molar-refractivity contribution in [2.75, 3.05) is 5.32 Å². The SMILES string of the molecule is N=CC(=CN)c1ccncc1/C=C/C(=O)Nc1ccc(Oc2cccnc2)cc1. The van der Waals surface area contributed by atoms with Crippen LogP contribution in [0.15, 0.2) is 79.5 Å². The molecular weight excluding hydrogens is 366 g/mol. The molecule has 0 aliphatic rings. The number of carbonyl (C=O) groups is 1. The molecule has 0 aliphatic carbocycles. The molecule has 0 aliphatic heterocycles. The topological polar surface area (TPSA) is 114 Å². The second-order valence-corrected chi connectivity index (χ2v) is 5.87. The highest BCUT2D eigenvalue weighted by atomic mass is 16.5. The van der Waals surface area contributed by atoms with E-state index in [-0.39, 0.29) is 5.91 Å². The first-order valence-corrected chi connectivity index (χ1v) is 8.73. The number of allylic oxidation sites excluding steroid dienone is 1. The lowest BCUT2D eigenvalue weighted by Crippen LogP contribution is -2.07. The molecule has 1 aromatic carbocycles. The van der Waals surface area contributed by atoms with E-state index < -0.39 is 0 Å². The van der Waals surface area contributed by atoms with Crippen molar-refractivity contribution in [2.45, 2.75) is 0 Å². The van der Waals surface area contributed by atoms with E-state index >= 15 is 0 Å². The van der Waals surface area contributed by atoms with Gasteiger partial charge in [0.25, 0.3) is 0 Å². The van der Waals surface area contributed by atoms with Gasteiger partial charge < -0.3 is 21.2 Å². The van der Waals surface area contributed by atoms with Crippen molar-refractivity contribution in [1.82, 2.24) is 9.97 Å². The van der Waals surface area contributed by atoms with Crippen molar-refractivity contribution in [1.29, 1.82) is 5.41 Å². The van der Waals surface area contributed by atoms with Crippen molar-refractivity contribution in [3.05, 3.63) is 90.7 Å². The van der Waals surface area contributed by atoms with Gasteiger partial charge in [-0.3, -0.25) is 14.8 Å². The summed E-state index contributed by atoms with van der Waals surface area (Å²) in [5, 5.41) is 10.2. The summed E-state index contributed by atoms with van der Waals surface area (Å²) in [4.78, 5) is 20.3. The standard InChI is InChI=1S/C22H19N5O2/c23-12-17(13-24)21-9-11-26-14-16(21)3-8-22(28)27-18-4-6-19(7-5-18)29-20-2-1-10-25-15-20/h1-15,23H,24H2,(H,27,28)/b8-3+,17-13?,23-12?. The Bertz CT molecular complexity index is 1040. The average Bonchev–Trinajstić information content (AvgIpc) is 2.76. The van der Waals surface area contributed by atoms with E-state index in [1.165, 1.54) is 12.3 Å². The molecule has 0 radical (unpaired) electrons. The fourth-order valence-electron chi connectivity index (χ4n) is 2.52. The molecule has 7 heteroatoms. The molecule has 0 atom stereocenters. The molecule has 0 fully saturated rings. The van der Waals surface area contributed by atoms with Crippen molar-refractivity contribution in [3.8, 4) is 11.5 Å². The highest BCUT2D eigenvalue weighted by Crippen LogP contribution is 2.22. The summed E-state index contributed by atoms with van der Waals surface area (Å²) in [7, 11) is 0. The number of carbonyl (C=O) groups excluding carboxylic acids is 1. The van der Waals surface area contributed by atoms with Gasteiger partial charge in [-0.25, -0.2) is 0 Å². The van der Waals surface area contributed by atoms with Crippen LogP contribution in [-0.4, -0.2) is 22.1 Å². The first-order valence-electron chi connectivity index (χ1n) is 8.73. The summed E-state index contributed by atoms with van der Waals surface area (Å²) in [6.07, 6.45) is 12.0. The van der Waals surface area contributed by atoms with E-state index in [1.807, 2.05) is 6.07 Å². The molecule has 4 N–H and O–H groups in total. The zero-order chi connectivity index (χ0) is 20.5. The molecule has 0 bridgehead atoms. The Balaban J connectivity index is 1.65. The Hall–Kier alpha value is -4.26. The summed E-state index contributed by atoms with van der Waals surface area (Å²) in [5.41, 5.74) is 8.13. The lowest BCUT2D eigenvalue weighted by atomic mass is 10.0. The number of ether oxygens (including phenoxy) is 1. The second kappa shape index (κ2) is 9.61. The van der Waals surface area contributed by atoms with Gasteiger partial charge in [0.1, 0.15) is 11.5 Å². The van der Waals surface area contributed by atoms with Gasteiger partial charge in [-0.15, -0.1) is 0 Å². The van der Waals surface area contributed by atoms with Crippen molar-refractivity contribution in [3.63, 3.8) is 0 Å². The van der Waals surface area contributed by atoms with Gasteiger partial charge in [-0.1, -0.05) is 0 Å². The number of hydrogen-bond acceptors (Lipinski definition) is 6. The van der Waals surface area contributed by atoms with Gasteiger partial charge in [0.2, 0.25) is 5.91 Å². The molecule has 0 unspecified atom stereocenters. The van der Waals surface area contributed by atoms with Gasteiger partial charge >= 0.3 is 0 Å². The molecule has 0 spiro atoms. The number of hydrogen-bond donors (Lipinski definition) is 3. The van der Waals surface area contributed by atoms with Crippen molar-refractivity contribution >= 4 is 29.5 Å². The molecule has 1 amide bonds. The monoisotopic (exact) mass is 385 g/mol. The zero-order valence-electron chi connectivity index (χ0n) is 15.4. The Morgan fingerprint density at radius 2 is 1.83 bits per heavy atom. The van der Waals surface area contributed by atoms with Crippen molar-refractivity contribution in [2.24, 2.45) is 5.73 Å². The van der Waals surface area contributed by atoms with Crippen molar-refractivity contribution < 1.29 is 9.53 Å². The molecule has 3 rings (SSSR count). The zero-order valence-corrected chi connectivity index (χ0v) is 15.4. The number of anilines is 1. The Morgan fingerprint density at radius 1 is 1.03 bits per heavy atom. The Kier molecular flexibility index (Phi) is 6.46. The van der Waals surface area contributed by atoms with Gasteiger partial charge in [0, 0.05) is 53.9 Å². The number of pyridine rings is 2. The quantitative estimate of drug-likeness (QED) is 0.422. The van der Waals surface area contributed by atoms with E-state index in [2.05, 4.69) is 15.3 Å². The second-order valence-electron chi connectivity index (χ2n) is 5.87. The summed E-state index contributed by atoms with van der Waals surface area (Å²) in [5.74, 6) is 0.975. The fraction of sp³-hybridized carbons (Fsp3) is 0. The largest absolute Gasteiger partial charge is 0.456 e. The number of benzene rings is 1. The predicted octanol–water partition coefficient (Wildman–Crippen LogP) is 3.87. The Morgan fingerprint density at radius 3 is 2.52 bits per heavy atom. The van der Waals surface area contributed by atoms with Crippen LogP contribution in [0.5, 0.6) is 11.5 Å². The average molecular weight is 385 g/mol. The number of rotatable bonds is 7. The van der Waals surface area contributed by atoms with Crippen LogP contribution in [0.1, 0.15) is 11.1 Å². The third-order valence-corrected chi connectivity index (χ3v) is 3.90. The van der Waals surface area contributed by atoms with Gasteiger partial charge in [-0.05, 0) is 54.1 Å². The number of aromatic nitrogens is 2. The van der Waals surface area contributed by atoms with Crippen LogP contribution in [0, 0.1) is 5.41 Å². The normalized spacial score (nSPS) is 11.2. The smallest absolute Gasteiger partial charge is 0.248 e. The third kappa shape index (κ3) is 5.36. The first-order chi connectivity index (χ1) is 14.2. The minimum absolute atomic E-state index is 0.297. The number of amides is 1. The van der Waals surface area contributed by atoms with E-state index in [1.54, 1.807) is 67.3 Å². The van der Waals surface area contributed by atoms with E-state index in [9.17, 15) is 4.79 Å². The van der Waals surface area contributed by atoms with Crippen LogP contribution >= 0.6 is 0 Å². The molecule has 7 nitrogen and oxygen atoms in total. The molecular formula is C22H19N5O2. The lowest BCUT2D eigenvalue weighted by Gasteiger charge is -2.07. The van der Waals surface area contributed by atoms with Gasteiger partial charge in [0.05, 0.1) is 6.20 Å². The van der Waals surface area contributed by atoms with E-state index in [4.69, 9.17) is 15.9 Å². The summed E-state index contributed by atoms with van der Waals surface area (Å²) >= 11 is 0. The molecule has 0 saturated heterocycles. The molecule has 2 aromatic heterocycles. The number of nitrogens with one attached hydrogen (secondary N) is 2. The first kappa shape index (κ1) is 19.5. The number of nitrogens with zero attached hydrogens (tertiary/aromatic N) is 2. The maximum absolute atomic E-state index is 12.2. The molecule has 29 heavy (non-hydrogen) atoms. The van der Waals surface area contributed by atoms with Crippen LogP contribution in [-0.2, 0) is 4.79 Å². The molecule has 2 heterocycles. The maximum Gasteiger partial charge on any atom is 0.248 e. The van der Waals surface area contributed by atoms with Crippen LogP contribution in [0.2, 0.25) is 0 Å². The number of nitrogens with two attached hydrogens (primary N) is 1. The highest BCUT2D eigenvalue weighted by molar-refractivity contribution is 6.10. The Labute approximate surface area is 168 Å². The molecule has 3 aromatic rings. The molecule has 144 valence electrons. The van der Waals surface area contributed by atoms with Crippen LogP contribution in [0.4, 0.5) is 5.69 Å². The fourth-order valence-corrected chi connectivity index (χ4v) is 2.52. The van der Waals surface area contributed by atoms with Crippen LogP contribution in [0.25, 0.3) is 11.6 Å². The van der Waals surface area contributed by atoms with E-state index in [0.29, 0.717) is 28.3 Å². The highest BCUT2D eigenvalue weighted by Gasteiger charge is 2.05. The van der Waals surface area contributed by atoms with Gasteiger partial charge in [-0.2, -0.15) is 0 Å². The molecule has 0 saturated carbocycles. The van der Waals surface area contributed by atoms with Crippen LogP contribution in [0.3, 0.4) is 0 Å². The van der Waals surface area contributed by atoms with Gasteiger partial charge in [0.15, 0.2) is 0 Å². The van der Waals surface area contributed by atoms with Crippen LogP contribution < -0.4 is 15.8 Å². The summed E-state index contributed by atoms with van der Waals surface area (Å²) in [6.45, 7) is 0.